The highest BCUT2D eigenvalue weighted by Gasteiger charge is 2.25. The monoisotopic (exact) mass is 423 g/mol. The molecule has 3 N–H and O–H groups in total. The van der Waals surface area contributed by atoms with Crippen molar-refractivity contribution in [3.8, 4) is 0 Å². The van der Waals surface area contributed by atoms with Gasteiger partial charge in [-0.25, -0.2) is 8.42 Å². The van der Waals surface area contributed by atoms with Gasteiger partial charge in [0, 0.05) is 16.8 Å². The van der Waals surface area contributed by atoms with E-state index in [1.807, 2.05) is 12.1 Å². The predicted octanol–water partition coefficient (Wildman–Crippen LogP) is -0.334. The SMILES string of the molecule is CS(=O)(=O)c1ccccc1NC(=O)C[NH+]1CC[NH+](Cc2ccc(Cl)cc2)CC1. The Labute approximate surface area is 171 Å². The number of nitrogens with one attached hydrogen (secondary N) is 3. The summed E-state index contributed by atoms with van der Waals surface area (Å²) in [6.45, 7) is 5.09. The third-order valence-electron chi connectivity index (χ3n) is 5.00. The molecule has 0 spiro atoms. The highest BCUT2D eigenvalue weighted by molar-refractivity contribution is 7.90. The van der Waals surface area contributed by atoms with Crippen molar-refractivity contribution in [2.24, 2.45) is 0 Å². The topological polar surface area (TPSA) is 72.1 Å². The number of carbonyl (C=O) groups excluding carboxylic acids is 1. The molecule has 1 fully saturated rings. The van der Waals surface area contributed by atoms with E-state index in [0.717, 1.165) is 44.0 Å². The Morgan fingerprint density at radius 1 is 1.00 bits per heavy atom. The van der Waals surface area contributed by atoms with E-state index in [9.17, 15) is 13.2 Å². The van der Waals surface area contributed by atoms with Gasteiger partial charge in [-0.2, -0.15) is 0 Å². The van der Waals surface area contributed by atoms with Gasteiger partial charge in [-0.3, -0.25) is 4.79 Å². The summed E-state index contributed by atoms with van der Waals surface area (Å²) >= 11 is 5.93. The first kappa shape index (κ1) is 20.8. The number of para-hydroxylation sites is 1. The summed E-state index contributed by atoms with van der Waals surface area (Å²) in [7, 11) is -3.39. The zero-order valence-corrected chi connectivity index (χ0v) is 17.4. The summed E-state index contributed by atoms with van der Waals surface area (Å²) in [5.41, 5.74) is 1.61. The molecule has 8 heteroatoms. The minimum absolute atomic E-state index is 0.149. The van der Waals surface area contributed by atoms with Crippen LogP contribution < -0.4 is 15.1 Å². The molecule has 0 unspecified atom stereocenters. The zero-order valence-electron chi connectivity index (χ0n) is 15.9. The molecule has 2 aromatic rings. The van der Waals surface area contributed by atoms with Gasteiger partial charge in [0.1, 0.15) is 32.7 Å². The third kappa shape index (κ3) is 5.78. The fraction of sp³-hybridized carbons (Fsp3) is 0.350. The van der Waals surface area contributed by atoms with E-state index in [1.54, 1.807) is 18.2 Å². The maximum absolute atomic E-state index is 12.4. The van der Waals surface area contributed by atoms with E-state index in [4.69, 9.17) is 11.6 Å². The van der Waals surface area contributed by atoms with Crippen molar-refractivity contribution in [3.05, 3.63) is 59.1 Å². The second kappa shape index (κ2) is 9.05. The van der Waals surface area contributed by atoms with Crippen LogP contribution in [0.25, 0.3) is 0 Å². The normalized spacial score (nSPS) is 19.9. The molecule has 0 radical (unpaired) electrons. The number of hydrogen-bond donors (Lipinski definition) is 3. The van der Waals surface area contributed by atoms with Crippen LogP contribution >= 0.6 is 11.6 Å². The van der Waals surface area contributed by atoms with Crippen LogP contribution in [0.4, 0.5) is 5.69 Å². The van der Waals surface area contributed by atoms with Gasteiger partial charge in [-0.1, -0.05) is 35.9 Å². The van der Waals surface area contributed by atoms with Gasteiger partial charge < -0.3 is 15.1 Å². The number of anilines is 1. The van der Waals surface area contributed by atoms with Gasteiger partial charge in [-0.15, -0.1) is 0 Å². The molecule has 0 saturated carbocycles. The molecule has 150 valence electrons. The number of sulfone groups is 1. The summed E-state index contributed by atoms with van der Waals surface area (Å²) in [4.78, 5) is 15.3. The van der Waals surface area contributed by atoms with Crippen molar-refractivity contribution >= 4 is 33.0 Å². The average Bonchev–Trinajstić information content (AvgIpc) is 2.65. The van der Waals surface area contributed by atoms with Crippen molar-refractivity contribution in [2.45, 2.75) is 11.4 Å². The smallest absolute Gasteiger partial charge is 0.279 e. The Bertz CT molecular complexity index is 924. The van der Waals surface area contributed by atoms with Crippen molar-refractivity contribution in [2.75, 3.05) is 44.3 Å². The van der Waals surface area contributed by atoms with Crippen molar-refractivity contribution in [3.63, 3.8) is 0 Å². The van der Waals surface area contributed by atoms with E-state index < -0.39 is 9.84 Å². The Balaban J connectivity index is 1.50. The highest BCUT2D eigenvalue weighted by atomic mass is 35.5. The maximum Gasteiger partial charge on any atom is 0.279 e. The van der Waals surface area contributed by atoms with Gasteiger partial charge in [0.25, 0.3) is 5.91 Å². The maximum atomic E-state index is 12.4. The fourth-order valence-electron chi connectivity index (χ4n) is 3.52. The van der Waals surface area contributed by atoms with Crippen molar-refractivity contribution in [1.29, 1.82) is 0 Å². The molecule has 1 heterocycles. The van der Waals surface area contributed by atoms with Crippen LogP contribution in [0.15, 0.2) is 53.4 Å². The number of benzene rings is 2. The largest absolute Gasteiger partial charge is 0.322 e. The van der Waals surface area contributed by atoms with E-state index in [-0.39, 0.29) is 10.8 Å². The second-order valence-electron chi connectivity index (χ2n) is 7.30. The number of piperazine rings is 1. The van der Waals surface area contributed by atoms with Crippen LogP contribution in [0.1, 0.15) is 5.56 Å². The van der Waals surface area contributed by atoms with Gasteiger partial charge in [0.2, 0.25) is 0 Å². The molecule has 1 aliphatic heterocycles. The fourth-order valence-corrected chi connectivity index (χ4v) is 4.49. The number of quaternary nitrogens is 2. The molecule has 0 atom stereocenters. The molecule has 28 heavy (non-hydrogen) atoms. The molecule has 1 amide bonds. The van der Waals surface area contributed by atoms with Gasteiger partial charge in [0.15, 0.2) is 16.4 Å². The number of hydrogen-bond acceptors (Lipinski definition) is 3. The van der Waals surface area contributed by atoms with Gasteiger partial charge in [-0.05, 0) is 24.3 Å². The standard InChI is InChI=1S/C20H24ClN3O3S/c1-28(26,27)19-5-3-2-4-18(19)22-20(25)15-24-12-10-23(11-13-24)14-16-6-8-17(21)9-7-16/h2-9H,10-15H2,1H3,(H,22,25)/p+2. The second-order valence-corrected chi connectivity index (χ2v) is 9.72. The zero-order chi connectivity index (χ0) is 20.1. The summed E-state index contributed by atoms with van der Waals surface area (Å²) in [6.07, 6.45) is 1.14. The van der Waals surface area contributed by atoms with E-state index >= 15 is 0 Å². The first-order valence-corrected chi connectivity index (χ1v) is 11.6. The van der Waals surface area contributed by atoms with Crippen molar-refractivity contribution < 1.29 is 23.0 Å². The lowest BCUT2D eigenvalue weighted by Gasteiger charge is -2.29. The van der Waals surface area contributed by atoms with E-state index in [2.05, 4.69) is 17.4 Å². The molecule has 0 aromatic heterocycles. The number of amides is 1. The third-order valence-corrected chi connectivity index (χ3v) is 6.41. The highest BCUT2D eigenvalue weighted by Crippen LogP contribution is 2.20. The number of halogens is 1. The van der Waals surface area contributed by atoms with Crippen LogP contribution in [0.2, 0.25) is 5.02 Å². The number of carbonyl (C=O) groups is 1. The quantitative estimate of drug-likeness (QED) is 0.595. The molecule has 2 aromatic carbocycles. The molecule has 3 rings (SSSR count). The number of rotatable bonds is 6. The molecule has 1 aliphatic rings. The Morgan fingerprint density at radius 3 is 2.25 bits per heavy atom. The molecule has 0 bridgehead atoms. The Hall–Kier alpha value is -1.93. The van der Waals surface area contributed by atoms with Gasteiger partial charge >= 0.3 is 0 Å². The Kier molecular flexibility index (Phi) is 6.72. The Morgan fingerprint density at radius 2 is 1.61 bits per heavy atom. The van der Waals surface area contributed by atoms with Crippen molar-refractivity contribution in [1.82, 2.24) is 0 Å². The lowest BCUT2D eigenvalue weighted by molar-refractivity contribution is -1.02. The lowest BCUT2D eigenvalue weighted by Crippen LogP contribution is -3.28. The summed E-state index contributed by atoms with van der Waals surface area (Å²) < 4.78 is 23.7. The van der Waals surface area contributed by atoms with E-state index in [0.29, 0.717) is 12.2 Å². The van der Waals surface area contributed by atoms with E-state index in [1.165, 1.54) is 21.4 Å². The summed E-state index contributed by atoms with van der Waals surface area (Å²) in [6, 6.07) is 14.4. The molecule has 0 aliphatic carbocycles. The first-order valence-electron chi connectivity index (χ1n) is 9.32. The van der Waals surface area contributed by atoms with Crippen LogP contribution in [-0.4, -0.2) is 53.3 Å². The van der Waals surface area contributed by atoms with Crippen LogP contribution in [0.3, 0.4) is 0 Å². The van der Waals surface area contributed by atoms with Gasteiger partial charge in [0.05, 0.1) is 10.6 Å². The molecule has 1 saturated heterocycles. The molecule has 6 nitrogen and oxygen atoms in total. The minimum atomic E-state index is -3.39. The minimum Gasteiger partial charge on any atom is -0.322 e. The summed E-state index contributed by atoms with van der Waals surface area (Å²) in [5, 5.41) is 3.51. The molecular weight excluding hydrogens is 398 g/mol. The van der Waals surface area contributed by atoms with Crippen LogP contribution in [0.5, 0.6) is 0 Å². The summed E-state index contributed by atoms with van der Waals surface area (Å²) in [5.74, 6) is -0.160. The molecular formula is C20H26ClN3O3S+2. The average molecular weight is 424 g/mol. The first-order chi connectivity index (χ1) is 13.3. The predicted molar refractivity (Wildman–Crippen MR) is 110 cm³/mol. The van der Waals surface area contributed by atoms with Crippen LogP contribution in [-0.2, 0) is 21.2 Å². The lowest BCUT2D eigenvalue weighted by atomic mass is 10.2. The van der Waals surface area contributed by atoms with Crippen LogP contribution in [0, 0.1) is 0 Å².